The maximum Gasteiger partial charge on any atom is 0.240 e. The third kappa shape index (κ3) is 3.23. The Bertz CT molecular complexity index is 519. The Labute approximate surface area is 113 Å². The lowest BCUT2D eigenvalue weighted by Gasteiger charge is -2.30. The molecule has 6 heteroatoms. The van der Waals surface area contributed by atoms with E-state index in [0.29, 0.717) is 5.02 Å². The van der Waals surface area contributed by atoms with Crippen LogP contribution in [0.5, 0.6) is 0 Å². The standard InChI is InChI=1S/C12H17ClN2O2S/c1-9-12(6-3-7-14-9)15-18(16,17)11-5-2-4-10(13)8-11/h2,4-5,8-9,12,14-15H,3,6-7H2,1H3. The Morgan fingerprint density at radius 2 is 2.22 bits per heavy atom. The summed E-state index contributed by atoms with van der Waals surface area (Å²) >= 11 is 5.82. The first-order valence-corrected chi connectivity index (χ1v) is 7.86. The van der Waals surface area contributed by atoms with Crippen molar-refractivity contribution in [1.82, 2.24) is 10.0 Å². The lowest BCUT2D eigenvalue weighted by molar-refractivity contribution is 0.349. The summed E-state index contributed by atoms with van der Waals surface area (Å²) in [5.41, 5.74) is 0. The first-order chi connectivity index (χ1) is 8.49. The molecule has 1 aromatic rings. The smallest absolute Gasteiger partial charge is 0.240 e. The van der Waals surface area contributed by atoms with Crippen molar-refractivity contribution in [1.29, 1.82) is 0 Å². The van der Waals surface area contributed by atoms with E-state index in [4.69, 9.17) is 11.6 Å². The van der Waals surface area contributed by atoms with Crippen molar-refractivity contribution in [2.45, 2.75) is 36.7 Å². The summed E-state index contributed by atoms with van der Waals surface area (Å²) in [5.74, 6) is 0. The topological polar surface area (TPSA) is 58.2 Å². The Kier molecular flexibility index (Phi) is 4.27. The number of nitrogens with one attached hydrogen (secondary N) is 2. The third-order valence-electron chi connectivity index (χ3n) is 3.17. The summed E-state index contributed by atoms with van der Waals surface area (Å²) in [4.78, 5) is 0.216. The van der Waals surface area contributed by atoms with Gasteiger partial charge in [-0.05, 0) is 44.5 Å². The minimum Gasteiger partial charge on any atom is -0.313 e. The van der Waals surface area contributed by atoms with Crippen LogP contribution in [0.2, 0.25) is 5.02 Å². The molecule has 18 heavy (non-hydrogen) atoms. The molecule has 0 amide bonds. The van der Waals surface area contributed by atoms with Gasteiger partial charge in [-0.3, -0.25) is 0 Å². The molecule has 1 aromatic carbocycles. The number of sulfonamides is 1. The SMILES string of the molecule is CC1NCCCC1NS(=O)(=O)c1cccc(Cl)c1. The molecule has 1 fully saturated rings. The van der Waals surface area contributed by atoms with Gasteiger partial charge in [-0.15, -0.1) is 0 Å². The van der Waals surface area contributed by atoms with E-state index >= 15 is 0 Å². The van der Waals surface area contributed by atoms with Crippen molar-refractivity contribution in [3.63, 3.8) is 0 Å². The van der Waals surface area contributed by atoms with Crippen molar-refractivity contribution >= 4 is 21.6 Å². The second kappa shape index (κ2) is 5.57. The molecule has 1 heterocycles. The van der Waals surface area contributed by atoms with E-state index in [-0.39, 0.29) is 17.0 Å². The highest BCUT2D eigenvalue weighted by atomic mass is 35.5. The van der Waals surface area contributed by atoms with Gasteiger partial charge in [-0.2, -0.15) is 0 Å². The van der Waals surface area contributed by atoms with E-state index in [1.165, 1.54) is 6.07 Å². The largest absolute Gasteiger partial charge is 0.313 e. The molecule has 100 valence electrons. The predicted molar refractivity (Wildman–Crippen MR) is 72.3 cm³/mol. The van der Waals surface area contributed by atoms with Crippen LogP contribution < -0.4 is 10.0 Å². The van der Waals surface area contributed by atoms with Gasteiger partial charge in [0.05, 0.1) is 4.90 Å². The van der Waals surface area contributed by atoms with Crippen LogP contribution in [0.3, 0.4) is 0 Å². The summed E-state index contributed by atoms with van der Waals surface area (Å²) in [7, 11) is -3.49. The third-order valence-corrected chi connectivity index (χ3v) is 4.90. The Morgan fingerprint density at radius 1 is 1.44 bits per heavy atom. The molecular weight excluding hydrogens is 272 g/mol. The van der Waals surface area contributed by atoms with Crippen molar-refractivity contribution < 1.29 is 8.42 Å². The van der Waals surface area contributed by atoms with E-state index in [0.717, 1.165) is 19.4 Å². The normalized spacial score (nSPS) is 25.0. The number of piperidine rings is 1. The number of halogens is 1. The second-order valence-electron chi connectivity index (χ2n) is 4.57. The minimum absolute atomic E-state index is 0.0669. The molecule has 2 N–H and O–H groups in total. The minimum atomic E-state index is -3.49. The molecule has 2 unspecified atom stereocenters. The number of rotatable bonds is 3. The average molecular weight is 289 g/mol. The molecular formula is C12H17ClN2O2S. The fourth-order valence-electron chi connectivity index (χ4n) is 2.11. The van der Waals surface area contributed by atoms with Gasteiger partial charge < -0.3 is 5.32 Å². The quantitative estimate of drug-likeness (QED) is 0.891. The highest BCUT2D eigenvalue weighted by Gasteiger charge is 2.26. The van der Waals surface area contributed by atoms with E-state index < -0.39 is 10.0 Å². The second-order valence-corrected chi connectivity index (χ2v) is 6.72. The molecule has 2 atom stereocenters. The molecule has 1 aliphatic heterocycles. The lowest BCUT2D eigenvalue weighted by atomic mass is 10.0. The van der Waals surface area contributed by atoms with E-state index in [1.54, 1.807) is 18.2 Å². The van der Waals surface area contributed by atoms with Crippen LogP contribution in [0.25, 0.3) is 0 Å². The highest BCUT2D eigenvalue weighted by molar-refractivity contribution is 7.89. The van der Waals surface area contributed by atoms with Gasteiger partial charge >= 0.3 is 0 Å². The fourth-order valence-corrected chi connectivity index (χ4v) is 3.76. The number of hydrogen-bond acceptors (Lipinski definition) is 3. The van der Waals surface area contributed by atoms with Crippen molar-refractivity contribution in [3.05, 3.63) is 29.3 Å². The molecule has 0 bridgehead atoms. The molecule has 2 rings (SSSR count). The maximum atomic E-state index is 12.2. The molecule has 0 aliphatic carbocycles. The summed E-state index contributed by atoms with van der Waals surface area (Å²) < 4.78 is 27.1. The van der Waals surface area contributed by atoms with Crippen LogP contribution in [0.15, 0.2) is 29.2 Å². The van der Waals surface area contributed by atoms with Crippen LogP contribution >= 0.6 is 11.6 Å². The van der Waals surface area contributed by atoms with Crippen LogP contribution in [-0.2, 0) is 10.0 Å². The fraction of sp³-hybridized carbons (Fsp3) is 0.500. The van der Waals surface area contributed by atoms with Gasteiger partial charge in [0.25, 0.3) is 0 Å². The van der Waals surface area contributed by atoms with E-state index in [2.05, 4.69) is 10.0 Å². The van der Waals surface area contributed by atoms with Gasteiger partial charge in [0, 0.05) is 17.1 Å². The molecule has 0 radical (unpaired) electrons. The lowest BCUT2D eigenvalue weighted by Crippen LogP contribution is -2.51. The van der Waals surface area contributed by atoms with Crippen molar-refractivity contribution in [2.24, 2.45) is 0 Å². The molecule has 0 spiro atoms. The monoisotopic (exact) mass is 288 g/mol. The zero-order valence-electron chi connectivity index (χ0n) is 10.2. The summed E-state index contributed by atoms with van der Waals surface area (Å²) in [5, 5.41) is 3.69. The Morgan fingerprint density at radius 3 is 2.89 bits per heavy atom. The van der Waals surface area contributed by atoms with Crippen LogP contribution in [0.1, 0.15) is 19.8 Å². The van der Waals surface area contributed by atoms with Crippen LogP contribution in [0, 0.1) is 0 Å². The van der Waals surface area contributed by atoms with Gasteiger partial charge in [0.2, 0.25) is 10.0 Å². The zero-order valence-corrected chi connectivity index (χ0v) is 11.8. The van der Waals surface area contributed by atoms with Crippen molar-refractivity contribution in [3.8, 4) is 0 Å². The average Bonchev–Trinajstić information content (AvgIpc) is 2.32. The molecule has 4 nitrogen and oxygen atoms in total. The van der Waals surface area contributed by atoms with E-state index in [9.17, 15) is 8.42 Å². The predicted octanol–water partition coefficient (Wildman–Crippen LogP) is 1.76. The summed E-state index contributed by atoms with van der Waals surface area (Å²) in [6, 6.07) is 6.39. The highest BCUT2D eigenvalue weighted by Crippen LogP contribution is 2.17. The van der Waals surface area contributed by atoms with Gasteiger partial charge in [0.1, 0.15) is 0 Å². The first kappa shape index (κ1) is 13.8. The molecule has 1 saturated heterocycles. The summed E-state index contributed by atoms with van der Waals surface area (Å²) in [6.07, 6.45) is 1.83. The van der Waals surface area contributed by atoms with Gasteiger partial charge in [-0.1, -0.05) is 17.7 Å². The first-order valence-electron chi connectivity index (χ1n) is 6.00. The van der Waals surface area contributed by atoms with Crippen molar-refractivity contribution in [2.75, 3.05) is 6.54 Å². The zero-order chi connectivity index (χ0) is 13.2. The Hall–Kier alpha value is -0.620. The molecule has 0 aromatic heterocycles. The maximum absolute atomic E-state index is 12.2. The van der Waals surface area contributed by atoms with Gasteiger partial charge in [0.15, 0.2) is 0 Å². The van der Waals surface area contributed by atoms with Gasteiger partial charge in [-0.25, -0.2) is 13.1 Å². The molecule has 1 aliphatic rings. The van der Waals surface area contributed by atoms with E-state index in [1.807, 2.05) is 6.92 Å². The summed E-state index contributed by atoms with van der Waals surface area (Å²) in [6.45, 7) is 2.93. The Balaban J connectivity index is 2.16. The molecule has 0 saturated carbocycles. The van der Waals surface area contributed by atoms with Crippen LogP contribution in [-0.4, -0.2) is 27.0 Å². The number of hydrogen-bond donors (Lipinski definition) is 2. The van der Waals surface area contributed by atoms with Crippen LogP contribution in [0.4, 0.5) is 0 Å². The number of benzene rings is 1.